The van der Waals surface area contributed by atoms with Gasteiger partial charge in [-0.15, -0.1) is 0 Å². The van der Waals surface area contributed by atoms with E-state index in [-0.39, 0.29) is 5.28 Å². The van der Waals surface area contributed by atoms with Gasteiger partial charge < -0.3 is 5.73 Å². The maximum atomic E-state index is 5.96. The summed E-state index contributed by atoms with van der Waals surface area (Å²) in [4.78, 5) is 13.0. The lowest BCUT2D eigenvalue weighted by Gasteiger charge is -2.05. The van der Waals surface area contributed by atoms with Crippen molar-refractivity contribution in [2.24, 2.45) is 0 Å². The Labute approximate surface area is 137 Å². The summed E-state index contributed by atoms with van der Waals surface area (Å²) < 4.78 is 1.98. The average molecular weight is 322 g/mol. The number of rotatable bonds is 2. The molecule has 0 radical (unpaired) electrons. The molecule has 0 amide bonds. The van der Waals surface area contributed by atoms with Crippen LogP contribution in [0.4, 0.5) is 5.69 Å². The smallest absolute Gasteiger partial charge is 0.222 e. The lowest BCUT2D eigenvalue weighted by Crippen LogP contribution is -1.94. The highest BCUT2D eigenvalue weighted by atomic mass is 35.5. The third-order valence-corrected chi connectivity index (χ3v) is 3.74. The third kappa shape index (κ3) is 2.41. The number of imidazole rings is 1. The summed E-state index contributed by atoms with van der Waals surface area (Å²) >= 11 is 5.96. The highest BCUT2D eigenvalue weighted by Gasteiger charge is 2.17. The Morgan fingerprint density at radius 3 is 2.74 bits per heavy atom. The summed E-state index contributed by atoms with van der Waals surface area (Å²) in [7, 11) is 0. The Bertz CT molecular complexity index is 1010. The fourth-order valence-corrected chi connectivity index (χ4v) is 2.74. The molecule has 0 aliphatic carbocycles. The van der Waals surface area contributed by atoms with E-state index in [1.165, 1.54) is 0 Å². The molecule has 0 spiro atoms. The van der Waals surface area contributed by atoms with Crippen LogP contribution in [0.2, 0.25) is 5.28 Å². The highest BCUT2D eigenvalue weighted by Crippen LogP contribution is 2.32. The summed E-state index contributed by atoms with van der Waals surface area (Å²) in [5, 5.41) is 0.201. The lowest BCUT2D eigenvalue weighted by molar-refractivity contribution is 1.13. The molecule has 4 rings (SSSR count). The predicted octanol–water partition coefficient (Wildman–Crippen LogP) is 3.69. The van der Waals surface area contributed by atoms with Crippen molar-refractivity contribution < 1.29 is 0 Å². The van der Waals surface area contributed by atoms with Gasteiger partial charge in [-0.2, -0.15) is 0 Å². The number of fused-ring (bicyclic) bond motifs is 1. The zero-order valence-electron chi connectivity index (χ0n) is 12.0. The number of pyridine rings is 1. The van der Waals surface area contributed by atoms with Crippen LogP contribution in [0.1, 0.15) is 0 Å². The maximum Gasteiger partial charge on any atom is 0.222 e. The van der Waals surface area contributed by atoms with Crippen molar-refractivity contribution in [3.63, 3.8) is 0 Å². The molecule has 0 aliphatic heterocycles. The van der Waals surface area contributed by atoms with Crippen LogP contribution in [0.3, 0.4) is 0 Å². The number of nitrogens with two attached hydrogens (primary N) is 1. The minimum atomic E-state index is 0.201. The summed E-state index contributed by atoms with van der Waals surface area (Å²) in [5.74, 6) is 0. The quantitative estimate of drug-likeness (QED) is 0.451. The van der Waals surface area contributed by atoms with E-state index in [1.54, 1.807) is 6.20 Å². The van der Waals surface area contributed by atoms with Crippen LogP contribution in [-0.2, 0) is 0 Å². The van der Waals surface area contributed by atoms with Gasteiger partial charge in [-0.1, -0.05) is 18.2 Å². The molecule has 4 aromatic rings. The van der Waals surface area contributed by atoms with Crippen LogP contribution in [0.25, 0.3) is 28.3 Å². The van der Waals surface area contributed by atoms with Crippen molar-refractivity contribution in [1.82, 2.24) is 19.4 Å². The zero-order chi connectivity index (χ0) is 15.8. The van der Waals surface area contributed by atoms with Gasteiger partial charge in [0.2, 0.25) is 5.28 Å². The molecule has 0 atom stereocenters. The second-order valence-corrected chi connectivity index (χ2v) is 5.41. The molecule has 0 saturated heterocycles. The van der Waals surface area contributed by atoms with E-state index in [1.807, 2.05) is 59.1 Å². The van der Waals surface area contributed by atoms with Gasteiger partial charge >= 0.3 is 0 Å². The summed E-state index contributed by atoms with van der Waals surface area (Å²) in [6.07, 6.45) is 3.58. The van der Waals surface area contributed by atoms with E-state index < -0.39 is 0 Å². The Balaban J connectivity index is 2.06. The Hall–Kier alpha value is -2.92. The average Bonchev–Trinajstić information content (AvgIpc) is 2.94. The second-order valence-electron chi connectivity index (χ2n) is 5.07. The van der Waals surface area contributed by atoms with E-state index in [2.05, 4.69) is 9.97 Å². The number of hydrogen-bond acceptors (Lipinski definition) is 4. The summed E-state index contributed by atoms with van der Waals surface area (Å²) in [5.41, 5.74) is 10.7. The number of aromatic nitrogens is 4. The maximum absolute atomic E-state index is 5.96. The van der Waals surface area contributed by atoms with Crippen LogP contribution in [-0.4, -0.2) is 19.4 Å². The minimum absolute atomic E-state index is 0.201. The van der Waals surface area contributed by atoms with Gasteiger partial charge in [-0.3, -0.25) is 4.40 Å². The number of hydrogen-bond donors (Lipinski definition) is 1. The van der Waals surface area contributed by atoms with Gasteiger partial charge in [0.15, 0.2) is 0 Å². The first kappa shape index (κ1) is 13.7. The van der Waals surface area contributed by atoms with Crippen LogP contribution in [0, 0.1) is 0 Å². The molecular weight excluding hydrogens is 310 g/mol. The largest absolute Gasteiger partial charge is 0.399 e. The van der Waals surface area contributed by atoms with E-state index in [0.29, 0.717) is 11.4 Å². The van der Waals surface area contributed by atoms with Gasteiger partial charge in [0.25, 0.3) is 0 Å². The first-order valence-electron chi connectivity index (χ1n) is 7.04. The van der Waals surface area contributed by atoms with E-state index in [4.69, 9.17) is 22.3 Å². The molecule has 3 aromatic heterocycles. The van der Waals surface area contributed by atoms with E-state index in [9.17, 15) is 0 Å². The molecule has 2 N–H and O–H groups in total. The molecule has 112 valence electrons. The fraction of sp³-hybridized carbons (Fsp3) is 0. The van der Waals surface area contributed by atoms with Gasteiger partial charge in [0.05, 0.1) is 17.1 Å². The number of nitrogen functional groups attached to an aromatic ring is 1. The first-order chi connectivity index (χ1) is 11.2. The molecule has 3 heterocycles. The number of nitrogens with zero attached hydrogens (tertiary/aromatic N) is 4. The normalized spacial score (nSPS) is 11.0. The van der Waals surface area contributed by atoms with Crippen molar-refractivity contribution in [3.8, 4) is 22.6 Å². The lowest BCUT2D eigenvalue weighted by atomic mass is 10.1. The van der Waals surface area contributed by atoms with Crippen LogP contribution >= 0.6 is 11.6 Å². The van der Waals surface area contributed by atoms with Crippen LogP contribution in [0.15, 0.2) is 60.9 Å². The van der Waals surface area contributed by atoms with Crippen molar-refractivity contribution >= 4 is 22.9 Å². The molecule has 0 saturated carbocycles. The van der Waals surface area contributed by atoms with Gasteiger partial charge in [0, 0.05) is 23.6 Å². The SMILES string of the molecule is Nc1cccc(-c2nc3ccccn3c2-c2ccnc(Cl)n2)c1. The molecule has 0 bridgehead atoms. The zero-order valence-corrected chi connectivity index (χ0v) is 12.8. The van der Waals surface area contributed by atoms with Gasteiger partial charge in [0.1, 0.15) is 5.65 Å². The second kappa shape index (κ2) is 5.37. The molecule has 5 nitrogen and oxygen atoms in total. The molecular formula is C17H12ClN5. The van der Waals surface area contributed by atoms with Crippen molar-refractivity contribution in [3.05, 3.63) is 66.2 Å². The molecule has 23 heavy (non-hydrogen) atoms. The molecule has 0 aliphatic rings. The van der Waals surface area contributed by atoms with Crippen LogP contribution < -0.4 is 5.73 Å². The standard InChI is InChI=1S/C17H12ClN5/c18-17-20-8-7-13(21-17)16-15(11-4-3-5-12(19)10-11)22-14-6-1-2-9-23(14)16/h1-10H,19H2. The molecule has 6 heteroatoms. The third-order valence-electron chi connectivity index (χ3n) is 3.56. The summed E-state index contributed by atoms with van der Waals surface area (Å²) in [6.45, 7) is 0. The van der Waals surface area contributed by atoms with Gasteiger partial charge in [-0.25, -0.2) is 15.0 Å². The first-order valence-corrected chi connectivity index (χ1v) is 7.42. The van der Waals surface area contributed by atoms with E-state index >= 15 is 0 Å². The monoisotopic (exact) mass is 321 g/mol. The van der Waals surface area contributed by atoms with Gasteiger partial charge in [-0.05, 0) is 41.9 Å². The highest BCUT2D eigenvalue weighted by molar-refractivity contribution is 6.28. The predicted molar refractivity (Wildman–Crippen MR) is 91.1 cm³/mol. The molecule has 0 fully saturated rings. The molecule has 0 unspecified atom stereocenters. The van der Waals surface area contributed by atoms with Crippen LogP contribution in [0.5, 0.6) is 0 Å². The molecule has 1 aromatic carbocycles. The van der Waals surface area contributed by atoms with Crippen molar-refractivity contribution in [2.75, 3.05) is 5.73 Å². The Morgan fingerprint density at radius 1 is 1.00 bits per heavy atom. The van der Waals surface area contributed by atoms with Crippen molar-refractivity contribution in [2.45, 2.75) is 0 Å². The fourth-order valence-electron chi connectivity index (χ4n) is 2.59. The topological polar surface area (TPSA) is 69.1 Å². The summed E-state index contributed by atoms with van der Waals surface area (Å²) in [6, 6.07) is 15.3. The Morgan fingerprint density at radius 2 is 1.91 bits per heavy atom. The van der Waals surface area contributed by atoms with Crippen molar-refractivity contribution in [1.29, 1.82) is 0 Å². The Kier molecular flexibility index (Phi) is 3.20. The van der Waals surface area contributed by atoms with E-state index in [0.717, 1.165) is 22.6 Å². The number of benzene rings is 1. The number of halogens is 1. The minimum Gasteiger partial charge on any atom is -0.399 e. The number of anilines is 1.